The molecule has 0 fully saturated rings. The summed E-state index contributed by atoms with van der Waals surface area (Å²) >= 11 is 0. The van der Waals surface area contributed by atoms with Gasteiger partial charge in [0, 0.05) is 6.54 Å². The number of unbranched alkanes of at least 4 members (excludes halogenated alkanes) is 1. The molecule has 2 nitrogen and oxygen atoms in total. The zero-order chi connectivity index (χ0) is 11.1. The number of rotatable bonds is 6. The molecule has 1 rings (SSSR count). The second-order valence-corrected chi connectivity index (χ2v) is 4.07. The second kappa shape index (κ2) is 6.46. The molecule has 0 aliphatic rings. The average Bonchev–Trinajstić information content (AvgIpc) is 2.25. The van der Waals surface area contributed by atoms with E-state index in [2.05, 4.69) is 18.9 Å². The van der Waals surface area contributed by atoms with Crippen molar-refractivity contribution in [2.45, 2.75) is 26.2 Å². The predicted molar refractivity (Wildman–Crippen MR) is 64.2 cm³/mol. The van der Waals surface area contributed by atoms with E-state index in [9.17, 15) is 0 Å². The lowest BCUT2D eigenvalue weighted by atomic mass is 10.1. The van der Waals surface area contributed by atoms with Crippen molar-refractivity contribution in [3.05, 3.63) is 29.8 Å². The number of phenols is 1. The van der Waals surface area contributed by atoms with Gasteiger partial charge < -0.3 is 10.0 Å². The quantitative estimate of drug-likeness (QED) is 0.775. The fourth-order valence-corrected chi connectivity index (χ4v) is 1.52. The summed E-state index contributed by atoms with van der Waals surface area (Å²) in [4.78, 5) is 2.36. The van der Waals surface area contributed by atoms with Gasteiger partial charge in [-0.15, -0.1) is 0 Å². The first-order valence-electron chi connectivity index (χ1n) is 5.69. The Morgan fingerprint density at radius 1 is 1.13 bits per heavy atom. The molecule has 1 aromatic rings. The smallest absolute Gasteiger partial charge is 0.115 e. The fraction of sp³-hybridized carbons (Fsp3) is 0.538. The summed E-state index contributed by atoms with van der Waals surface area (Å²) < 4.78 is 0. The molecule has 0 saturated heterocycles. The minimum atomic E-state index is 0.345. The third kappa shape index (κ3) is 4.84. The summed E-state index contributed by atoms with van der Waals surface area (Å²) in [5, 5.41) is 9.14. The molecule has 0 radical (unpaired) electrons. The van der Waals surface area contributed by atoms with Crippen LogP contribution in [-0.2, 0) is 6.42 Å². The molecular formula is C13H21NO. The van der Waals surface area contributed by atoms with Crippen LogP contribution in [0.1, 0.15) is 25.3 Å². The first-order chi connectivity index (χ1) is 7.22. The van der Waals surface area contributed by atoms with Crippen molar-refractivity contribution in [1.82, 2.24) is 4.90 Å². The van der Waals surface area contributed by atoms with E-state index in [0.717, 1.165) is 13.0 Å². The van der Waals surface area contributed by atoms with Crippen molar-refractivity contribution in [2.24, 2.45) is 0 Å². The van der Waals surface area contributed by atoms with Crippen molar-refractivity contribution in [3.63, 3.8) is 0 Å². The third-order valence-corrected chi connectivity index (χ3v) is 2.61. The van der Waals surface area contributed by atoms with Crippen LogP contribution in [-0.4, -0.2) is 30.1 Å². The van der Waals surface area contributed by atoms with Crippen LogP contribution in [0, 0.1) is 0 Å². The first-order valence-corrected chi connectivity index (χ1v) is 5.69. The Bertz CT molecular complexity index is 268. The minimum Gasteiger partial charge on any atom is -0.508 e. The maximum absolute atomic E-state index is 9.14. The molecule has 15 heavy (non-hydrogen) atoms. The van der Waals surface area contributed by atoms with Gasteiger partial charge in [0.15, 0.2) is 0 Å². The zero-order valence-corrected chi connectivity index (χ0v) is 9.74. The summed E-state index contributed by atoms with van der Waals surface area (Å²) in [5.74, 6) is 0.345. The van der Waals surface area contributed by atoms with Crippen LogP contribution < -0.4 is 0 Å². The molecule has 0 aromatic heterocycles. The molecule has 0 aliphatic carbocycles. The van der Waals surface area contributed by atoms with Gasteiger partial charge in [0.2, 0.25) is 0 Å². The Hall–Kier alpha value is -1.02. The van der Waals surface area contributed by atoms with Gasteiger partial charge >= 0.3 is 0 Å². The van der Waals surface area contributed by atoms with Crippen molar-refractivity contribution in [3.8, 4) is 5.75 Å². The summed E-state index contributed by atoms with van der Waals surface area (Å²) in [6.07, 6.45) is 3.58. The van der Waals surface area contributed by atoms with E-state index >= 15 is 0 Å². The van der Waals surface area contributed by atoms with E-state index in [1.165, 1.54) is 24.9 Å². The normalized spacial score (nSPS) is 10.9. The van der Waals surface area contributed by atoms with Gasteiger partial charge in [0.1, 0.15) is 5.75 Å². The van der Waals surface area contributed by atoms with Gasteiger partial charge in [0.25, 0.3) is 0 Å². The highest BCUT2D eigenvalue weighted by molar-refractivity contribution is 5.25. The summed E-state index contributed by atoms with van der Waals surface area (Å²) in [5.41, 5.74) is 1.29. The van der Waals surface area contributed by atoms with Crippen LogP contribution in [0.25, 0.3) is 0 Å². The molecule has 0 saturated carbocycles. The molecule has 0 amide bonds. The molecule has 0 spiro atoms. The van der Waals surface area contributed by atoms with E-state index < -0.39 is 0 Å². The van der Waals surface area contributed by atoms with Gasteiger partial charge in [-0.1, -0.05) is 25.5 Å². The molecular weight excluding hydrogens is 186 g/mol. The maximum Gasteiger partial charge on any atom is 0.115 e. The van der Waals surface area contributed by atoms with Gasteiger partial charge in [-0.3, -0.25) is 0 Å². The Labute approximate surface area is 92.5 Å². The van der Waals surface area contributed by atoms with E-state index in [0.29, 0.717) is 5.75 Å². The van der Waals surface area contributed by atoms with Crippen LogP contribution in [0.2, 0.25) is 0 Å². The lowest BCUT2D eigenvalue weighted by Crippen LogP contribution is -2.22. The number of likely N-dealkylation sites (N-methyl/N-ethyl adjacent to an activating group) is 1. The maximum atomic E-state index is 9.14. The molecule has 84 valence electrons. The van der Waals surface area contributed by atoms with E-state index in [-0.39, 0.29) is 0 Å². The van der Waals surface area contributed by atoms with Crippen LogP contribution >= 0.6 is 0 Å². The largest absolute Gasteiger partial charge is 0.508 e. The van der Waals surface area contributed by atoms with Gasteiger partial charge in [-0.2, -0.15) is 0 Å². The molecule has 0 aliphatic heterocycles. The van der Waals surface area contributed by atoms with Gasteiger partial charge in [-0.05, 0) is 44.1 Å². The molecule has 2 heteroatoms. The van der Waals surface area contributed by atoms with Crippen LogP contribution in [0.3, 0.4) is 0 Å². The number of benzene rings is 1. The standard InChI is InChI=1S/C13H21NO/c1-3-4-10-14(2)11-9-12-5-7-13(15)8-6-12/h5-8,15H,3-4,9-11H2,1-2H3. The summed E-state index contributed by atoms with van der Waals surface area (Å²) in [6, 6.07) is 7.48. The number of aromatic hydroxyl groups is 1. The van der Waals surface area contributed by atoms with E-state index in [4.69, 9.17) is 5.11 Å². The number of phenolic OH excluding ortho intramolecular Hbond substituents is 1. The van der Waals surface area contributed by atoms with Crippen molar-refractivity contribution in [2.75, 3.05) is 20.1 Å². The highest BCUT2D eigenvalue weighted by Crippen LogP contribution is 2.10. The van der Waals surface area contributed by atoms with Crippen molar-refractivity contribution < 1.29 is 5.11 Å². The Morgan fingerprint density at radius 2 is 1.80 bits per heavy atom. The number of nitrogens with zero attached hydrogens (tertiary/aromatic N) is 1. The SMILES string of the molecule is CCCCN(C)CCc1ccc(O)cc1. The summed E-state index contributed by atoms with van der Waals surface area (Å²) in [7, 11) is 2.16. The van der Waals surface area contributed by atoms with Crippen molar-refractivity contribution in [1.29, 1.82) is 0 Å². The van der Waals surface area contributed by atoms with Crippen LogP contribution in [0.5, 0.6) is 5.75 Å². The molecule has 0 unspecified atom stereocenters. The highest BCUT2D eigenvalue weighted by atomic mass is 16.3. The molecule has 0 heterocycles. The van der Waals surface area contributed by atoms with Crippen molar-refractivity contribution >= 4 is 0 Å². The fourth-order valence-electron chi connectivity index (χ4n) is 1.52. The minimum absolute atomic E-state index is 0.345. The monoisotopic (exact) mass is 207 g/mol. The zero-order valence-electron chi connectivity index (χ0n) is 9.74. The van der Waals surface area contributed by atoms with Crippen LogP contribution in [0.15, 0.2) is 24.3 Å². The van der Waals surface area contributed by atoms with E-state index in [1.54, 1.807) is 12.1 Å². The lowest BCUT2D eigenvalue weighted by Gasteiger charge is -2.15. The Balaban J connectivity index is 2.27. The molecule has 1 aromatic carbocycles. The van der Waals surface area contributed by atoms with Gasteiger partial charge in [-0.25, -0.2) is 0 Å². The highest BCUT2D eigenvalue weighted by Gasteiger charge is 1.98. The lowest BCUT2D eigenvalue weighted by molar-refractivity contribution is 0.332. The number of hydrogen-bond donors (Lipinski definition) is 1. The van der Waals surface area contributed by atoms with E-state index in [1.807, 2.05) is 12.1 Å². The summed E-state index contributed by atoms with van der Waals surface area (Å²) in [6.45, 7) is 4.48. The second-order valence-electron chi connectivity index (χ2n) is 4.07. The topological polar surface area (TPSA) is 23.5 Å². The Kier molecular flexibility index (Phi) is 5.19. The predicted octanol–water partition coefficient (Wildman–Crippen LogP) is 2.67. The third-order valence-electron chi connectivity index (χ3n) is 2.61. The van der Waals surface area contributed by atoms with Gasteiger partial charge in [0.05, 0.1) is 0 Å². The average molecular weight is 207 g/mol. The first kappa shape index (κ1) is 12.1. The number of hydrogen-bond acceptors (Lipinski definition) is 2. The Morgan fingerprint density at radius 3 is 2.40 bits per heavy atom. The molecule has 1 N–H and O–H groups in total. The molecule has 0 atom stereocenters. The van der Waals surface area contributed by atoms with Crippen LogP contribution in [0.4, 0.5) is 0 Å². The molecule has 0 bridgehead atoms.